The first-order chi connectivity index (χ1) is 6.29. The number of nitrogens with zero attached hydrogens (tertiary/aromatic N) is 2. The number of aromatic nitrogens is 2. The molecule has 1 heterocycles. The Hall–Kier alpha value is -1.45. The minimum atomic E-state index is 0.218. The van der Waals surface area contributed by atoms with Crippen molar-refractivity contribution in [2.24, 2.45) is 0 Å². The van der Waals surface area contributed by atoms with Gasteiger partial charge in [0.25, 0.3) is 0 Å². The van der Waals surface area contributed by atoms with Crippen molar-refractivity contribution in [3.63, 3.8) is 0 Å². The minimum absolute atomic E-state index is 0.218. The predicted molar refractivity (Wildman–Crippen MR) is 50.4 cm³/mol. The van der Waals surface area contributed by atoms with Crippen molar-refractivity contribution in [2.75, 3.05) is 11.9 Å². The largest absolute Gasteiger partial charge is 0.354 e. The van der Waals surface area contributed by atoms with Crippen molar-refractivity contribution in [3.8, 4) is 0 Å². The molecule has 0 aliphatic rings. The maximum atomic E-state index is 10.6. The summed E-state index contributed by atoms with van der Waals surface area (Å²) in [7, 11) is 0. The Bertz CT molecular complexity index is 261. The average Bonchev–Trinajstić information content (AvgIpc) is 2.14. The van der Waals surface area contributed by atoms with E-state index in [-0.39, 0.29) is 5.78 Å². The monoisotopic (exact) mass is 179 g/mol. The Morgan fingerprint density at radius 3 is 2.77 bits per heavy atom. The summed E-state index contributed by atoms with van der Waals surface area (Å²) in [5.74, 6) is 0.835. The fourth-order valence-corrected chi connectivity index (χ4v) is 0.928. The molecule has 1 N–H and O–H groups in total. The Balaban J connectivity index is 2.17. The van der Waals surface area contributed by atoms with Crippen LogP contribution in [0.3, 0.4) is 0 Å². The van der Waals surface area contributed by atoms with Gasteiger partial charge in [-0.2, -0.15) is 0 Å². The van der Waals surface area contributed by atoms with E-state index in [4.69, 9.17) is 0 Å². The van der Waals surface area contributed by atoms with Gasteiger partial charge in [0.2, 0.25) is 5.95 Å². The number of ketones is 1. The molecule has 0 amide bonds. The third kappa shape index (κ3) is 4.20. The first-order valence-corrected chi connectivity index (χ1v) is 4.29. The molecule has 1 aromatic rings. The SMILES string of the molecule is CC(=O)CCCNc1ncccn1. The van der Waals surface area contributed by atoms with Crippen molar-refractivity contribution in [2.45, 2.75) is 19.8 Å². The third-order valence-electron chi connectivity index (χ3n) is 1.55. The lowest BCUT2D eigenvalue weighted by Gasteiger charge is -2.01. The Morgan fingerprint density at radius 1 is 1.46 bits per heavy atom. The second-order valence-electron chi connectivity index (χ2n) is 2.80. The van der Waals surface area contributed by atoms with E-state index < -0.39 is 0 Å². The van der Waals surface area contributed by atoms with Gasteiger partial charge in [-0.1, -0.05) is 0 Å². The molecule has 0 atom stereocenters. The second kappa shape index (κ2) is 5.24. The van der Waals surface area contributed by atoms with Gasteiger partial charge in [0.15, 0.2) is 0 Å². The topological polar surface area (TPSA) is 54.9 Å². The van der Waals surface area contributed by atoms with Crippen molar-refractivity contribution >= 4 is 11.7 Å². The molecule has 0 bridgehead atoms. The van der Waals surface area contributed by atoms with Gasteiger partial charge in [-0.3, -0.25) is 0 Å². The maximum Gasteiger partial charge on any atom is 0.222 e. The molecular formula is C9H13N3O. The highest BCUT2D eigenvalue weighted by Crippen LogP contribution is 1.95. The molecule has 13 heavy (non-hydrogen) atoms. The van der Waals surface area contributed by atoms with Crippen LogP contribution in [0.5, 0.6) is 0 Å². The summed E-state index contributed by atoms with van der Waals surface area (Å²) in [6.45, 7) is 2.34. The second-order valence-corrected chi connectivity index (χ2v) is 2.80. The van der Waals surface area contributed by atoms with Crippen LogP contribution in [0.1, 0.15) is 19.8 Å². The van der Waals surface area contributed by atoms with E-state index in [1.165, 1.54) is 0 Å². The van der Waals surface area contributed by atoms with Gasteiger partial charge in [0.1, 0.15) is 5.78 Å². The number of Topliss-reactive ketones (excluding diaryl/α,β-unsaturated/α-hetero) is 1. The normalized spacial score (nSPS) is 9.62. The molecule has 0 aliphatic heterocycles. The maximum absolute atomic E-state index is 10.6. The van der Waals surface area contributed by atoms with Crippen LogP contribution in [0.25, 0.3) is 0 Å². The Labute approximate surface area is 77.4 Å². The first kappa shape index (κ1) is 9.64. The van der Waals surface area contributed by atoms with E-state index in [0.717, 1.165) is 13.0 Å². The summed E-state index contributed by atoms with van der Waals surface area (Å²) >= 11 is 0. The number of nitrogens with one attached hydrogen (secondary N) is 1. The van der Waals surface area contributed by atoms with Crippen molar-refractivity contribution < 1.29 is 4.79 Å². The van der Waals surface area contributed by atoms with Crippen molar-refractivity contribution in [1.82, 2.24) is 9.97 Å². The van der Waals surface area contributed by atoms with E-state index in [0.29, 0.717) is 12.4 Å². The molecule has 0 aromatic carbocycles. The summed E-state index contributed by atoms with van der Waals surface area (Å²) in [4.78, 5) is 18.6. The zero-order valence-electron chi connectivity index (χ0n) is 7.66. The summed E-state index contributed by atoms with van der Waals surface area (Å²) in [6, 6.07) is 1.76. The van der Waals surface area contributed by atoms with Crippen LogP contribution in [0.2, 0.25) is 0 Å². The minimum Gasteiger partial charge on any atom is -0.354 e. The smallest absolute Gasteiger partial charge is 0.222 e. The first-order valence-electron chi connectivity index (χ1n) is 4.29. The standard InChI is InChI=1S/C9H13N3O/c1-8(13)4-2-5-10-9-11-6-3-7-12-9/h3,6-7H,2,4-5H2,1H3,(H,10,11,12). The predicted octanol–water partition coefficient (Wildman–Crippen LogP) is 1.26. The molecule has 4 nitrogen and oxygen atoms in total. The van der Waals surface area contributed by atoms with E-state index in [9.17, 15) is 4.79 Å². The lowest BCUT2D eigenvalue weighted by atomic mass is 10.2. The van der Waals surface area contributed by atoms with Crippen LogP contribution < -0.4 is 5.32 Å². The highest BCUT2D eigenvalue weighted by molar-refractivity contribution is 5.75. The molecule has 0 saturated carbocycles. The molecule has 0 unspecified atom stereocenters. The highest BCUT2D eigenvalue weighted by atomic mass is 16.1. The Kier molecular flexibility index (Phi) is 3.88. The lowest BCUT2D eigenvalue weighted by Crippen LogP contribution is -2.06. The quantitative estimate of drug-likeness (QED) is 0.691. The van der Waals surface area contributed by atoms with Crippen LogP contribution >= 0.6 is 0 Å². The number of anilines is 1. The van der Waals surface area contributed by atoms with Crippen LogP contribution in [0, 0.1) is 0 Å². The molecule has 0 saturated heterocycles. The number of hydrogen-bond donors (Lipinski definition) is 1. The molecule has 0 aliphatic carbocycles. The molecule has 70 valence electrons. The van der Waals surface area contributed by atoms with E-state index in [1.807, 2.05) is 0 Å². The van der Waals surface area contributed by atoms with Crippen LogP contribution in [0.4, 0.5) is 5.95 Å². The molecular weight excluding hydrogens is 166 g/mol. The van der Waals surface area contributed by atoms with E-state index in [1.54, 1.807) is 25.4 Å². The highest BCUT2D eigenvalue weighted by Gasteiger charge is 1.94. The number of hydrogen-bond acceptors (Lipinski definition) is 4. The number of carbonyl (C=O) groups is 1. The summed E-state index contributed by atoms with van der Waals surface area (Å²) in [5.41, 5.74) is 0. The van der Waals surface area contributed by atoms with Gasteiger partial charge >= 0.3 is 0 Å². The molecule has 0 radical (unpaired) electrons. The average molecular weight is 179 g/mol. The van der Waals surface area contributed by atoms with Crippen LogP contribution in [-0.2, 0) is 4.79 Å². The molecule has 1 rings (SSSR count). The van der Waals surface area contributed by atoms with Crippen LogP contribution in [-0.4, -0.2) is 22.3 Å². The van der Waals surface area contributed by atoms with Gasteiger partial charge in [0.05, 0.1) is 0 Å². The molecule has 0 fully saturated rings. The van der Waals surface area contributed by atoms with Gasteiger partial charge in [0, 0.05) is 25.4 Å². The van der Waals surface area contributed by atoms with E-state index in [2.05, 4.69) is 15.3 Å². The zero-order chi connectivity index (χ0) is 9.52. The Morgan fingerprint density at radius 2 is 2.15 bits per heavy atom. The van der Waals surface area contributed by atoms with Gasteiger partial charge in [-0.15, -0.1) is 0 Å². The summed E-state index contributed by atoms with van der Waals surface area (Å²) < 4.78 is 0. The number of rotatable bonds is 5. The fourth-order valence-electron chi connectivity index (χ4n) is 0.928. The van der Waals surface area contributed by atoms with Crippen molar-refractivity contribution in [3.05, 3.63) is 18.5 Å². The van der Waals surface area contributed by atoms with Gasteiger partial charge in [-0.05, 0) is 19.4 Å². The van der Waals surface area contributed by atoms with Crippen LogP contribution in [0.15, 0.2) is 18.5 Å². The number of carbonyl (C=O) groups excluding carboxylic acids is 1. The molecule has 1 aromatic heterocycles. The molecule has 4 heteroatoms. The molecule has 0 spiro atoms. The lowest BCUT2D eigenvalue weighted by molar-refractivity contribution is -0.117. The van der Waals surface area contributed by atoms with Gasteiger partial charge < -0.3 is 10.1 Å². The fraction of sp³-hybridized carbons (Fsp3) is 0.444. The van der Waals surface area contributed by atoms with E-state index >= 15 is 0 Å². The van der Waals surface area contributed by atoms with Crippen molar-refractivity contribution in [1.29, 1.82) is 0 Å². The summed E-state index contributed by atoms with van der Waals surface area (Å²) in [6.07, 6.45) is 4.80. The van der Waals surface area contributed by atoms with Gasteiger partial charge in [-0.25, -0.2) is 9.97 Å². The zero-order valence-corrected chi connectivity index (χ0v) is 7.66. The summed E-state index contributed by atoms with van der Waals surface area (Å²) in [5, 5.41) is 3.03. The third-order valence-corrected chi connectivity index (χ3v) is 1.55.